The molecule has 1 aromatic carbocycles. The summed E-state index contributed by atoms with van der Waals surface area (Å²) in [5.41, 5.74) is 1.13. The Balaban J connectivity index is 1.88. The van der Waals surface area contributed by atoms with Crippen molar-refractivity contribution >= 4 is 18.2 Å². The minimum absolute atomic E-state index is 0.258. The van der Waals surface area contributed by atoms with Gasteiger partial charge in [0, 0.05) is 6.54 Å². The molecule has 3 unspecified atom stereocenters. The number of carboxylic acid groups (broad SMARTS) is 1. The third-order valence-corrected chi connectivity index (χ3v) is 4.41. The predicted octanol–water partition coefficient (Wildman–Crippen LogP) is 1.24. The molecule has 1 saturated heterocycles. The third kappa shape index (κ3) is 4.64. The number of hydrogen-bond acceptors (Lipinski definition) is 4. The van der Waals surface area contributed by atoms with Gasteiger partial charge < -0.3 is 14.8 Å². The molecule has 6 heteroatoms. The summed E-state index contributed by atoms with van der Waals surface area (Å²) in [6.07, 6.45) is 3.32. The van der Waals surface area contributed by atoms with E-state index in [0.29, 0.717) is 25.8 Å². The van der Waals surface area contributed by atoms with Gasteiger partial charge in [0.1, 0.15) is 12.3 Å². The first-order valence-electron chi connectivity index (χ1n) is 8.31. The summed E-state index contributed by atoms with van der Waals surface area (Å²) in [5, 5.41) is 12.2. The van der Waals surface area contributed by atoms with Crippen LogP contribution in [-0.2, 0) is 20.8 Å². The summed E-state index contributed by atoms with van der Waals surface area (Å²) in [4.78, 5) is 36.4. The zero-order valence-electron chi connectivity index (χ0n) is 13.9. The number of carbonyl (C=O) groups is 3. The Morgan fingerprint density at radius 2 is 2.08 bits per heavy atom. The second kappa shape index (κ2) is 8.59. The van der Waals surface area contributed by atoms with Gasteiger partial charge in [-0.1, -0.05) is 30.3 Å². The lowest BCUT2D eigenvalue weighted by atomic mass is 10.1. The minimum atomic E-state index is -0.968. The predicted molar refractivity (Wildman–Crippen MR) is 89.6 cm³/mol. The molecular weight excluding hydrogens is 308 g/mol. The van der Waals surface area contributed by atoms with Gasteiger partial charge in [-0.25, -0.2) is 4.79 Å². The number of carbonyl (C=O) groups excluding carboxylic acids is 2. The standard InChI is InChI=1S/C18H24N2O4/c1-13(17(22)20-11-5-8-16(20)18(23)24)19-15(12-21)10-9-14-6-3-2-4-7-14/h2-4,6-7,12-13,15-16,19H,5,8-11H2,1H3,(H,23,24). The van der Waals surface area contributed by atoms with E-state index in [2.05, 4.69) is 5.32 Å². The molecule has 0 aliphatic carbocycles. The number of aryl methyl sites for hydroxylation is 1. The number of benzene rings is 1. The van der Waals surface area contributed by atoms with E-state index in [1.807, 2.05) is 30.3 Å². The maximum absolute atomic E-state index is 12.5. The van der Waals surface area contributed by atoms with Gasteiger partial charge >= 0.3 is 5.97 Å². The molecule has 130 valence electrons. The summed E-state index contributed by atoms with van der Waals surface area (Å²) in [6.45, 7) is 2.14. The number of nitrogens with one attached hydrogen (secondary N) is 1. The van der Waals surface area contributed by atoms with Crippen LogP contribution in [0.3, 0.4) is 0 Å². The molecule has 2 N–H and O–H groups in total. The van der Waals surface area contributed by atoms with Gasteiger partial charge in [0.15, 0.2) is 0 Å². The van der Waals surface area contributed by atoms with E-state index in [1.165, 1.54) is 4.90 Å². The van der Waals surface area contributed by atoms with Crippen LogP contribution in [0.2, 0.25) is 0 Å². The molecule has 0 bridgehead atoms. The highest BCUT2D eigenvalue weighted by atomic mass is 16.4. The average molecular weight is 332 g/mol. The topological polar surface area (TPSA) is 86.7 Å². The first kappa shape index (κ1) is 18.1. The van der Waals surface area contributed by atoms with Crippen molar-refractivity contribution in [1.29, 1.82) is 0 Å². The zero-order chi connectivity index (χ0) is 17.5. The summed E-state index contributed by atoms with van der Waals surface area (Å²) in [5.74, 6) is -1.23. The molecule has 1 heterocycles. The molecule has 24 heavy (non-hydrogen) atoms. The number of nitrogens with zero attached hydrogens (tertiary/aromatic N) is 1. The molecule has 1 fully saturated rings. The number of likely N-dealkylation sites (tertiary alicyclic amines) is 1. The maximum Gasteiger partial charge on any atom is 0.326 e. The second-order valence-electron chi connectivity index (χ2n) is 6.18. The lowest BCUT2D eigenvalue weighted by molar-refractivity contribution is -0.149. The van der Waals surface area contributed by atoms with E-state index >= 15 is 0 Å². The Kier molecular flexibility index (Phi) is 6.49. The first-order chi connectivity index (χ1) is 11.5. The summed E-state index contributed by atoms with van der Waals surface area (Å²) in [7, 11) is 0. The summed E-state index contributed by atoms with van der Waals surface area (Å²) >= 11 is 0. The van der Waals surface area contributed by atoms with E-state index in [-0.39, 0.29) is 5.91 Å². The molecule has 0 spiro atoms. The Hall–Kier alpha value is -2.21. The van der Waals surface area contributed by atoms with Crippen molar-refractivity contribution in [3.8, 4) is 0 Å². The molecule has 3 atom stereocenters. The van der Waals surface area contributed by atoms with Crippen molar-refractivity contribution in [2.45, 2.75) is 50.7 Å². The second-order valence-corrected chi connectivity index (χ2v) is 6.18. The van der Waals surface area contributed by atoms with Crippen LogP contribution >= 0.6 is 0 Å². The van der Waals surface area contributed by atoms with Gasteiger partial charge in [-0.3, -0.25) is 10.1 Å². The average Bonchev–Trinajstić information content (AvgIpc) is 3.08. The highest BCUT2D eigenvalue weighted by molar-refractivity contribution is 5.87. The first-order valence-corrected chi connectivity index (χ1v) is 8.31. The quantitative estimate of drug-likeness (QED) is 0.700. The molecular formula is C18H24N2O4. The summed E-state index contributed by atoms with van der Waals surface area (Å²) in [6, 6.07) is 8.06. The minimum Gasteiger partial charge on any atom is -0.480 e. The SMILES string of the molecule is CC(NC(C=O)CCc1ccccc1)C(=O)N1CCCC1C(=O)O. The van der Waals surface area contributed by atoms with Gasteiger partial charge in [0.05, 0.1) is 12.1 Å². The molecule has 0 radical (unpaired) electrons. The number of rotatable bonds is 8. The van der Waals surface area contributed by atoms with Crippen LogP contribution in [0.25, 0.3) is 0 Å². The Morgan fingerprint density at radius 3 is 2.71 bits per heavy atom. The molecule has 1 aliphatic rings. The number of aldehydes is 1. The van der Waals surface area contributed by atoms with Gasteiger partial charge in [-0.05, 0) is 38.2 Å². The number of amides is 1. The Labute approximate surface area is 141 Å². The number of aliphatic carboxylic acids is 1. The third-order valence-electron chi connectivity index (χ3n) is 4.41. The van der Waals surface area contributed by atoms with Crippen LogP contribution in [0.15, 0.2) is 30.3 Å². The fraction of sp³-hybridized carbons (Fsp3) is 0.500. The summed E-state index contributed by atoms with van der Waals surface area (Å²) < 4.78 is 0. The van der Waals surface area contributed by atoms with Crippen LogP contribution in [-0.4, -0.2) is 52.8 Å². The van der Waals surface area contributed by atoms with Crippen molar-refractivity contribution < 1.29 is 19.5 Å². The lowest BCUT2D eigenvalue weighted by Gasteiger charge is -2.27. The van der Waals surface area contributed by atoms with Crippen molar-refractivity contribution in [3.05, 3.63) is 35.9 Å². The monoisotopic (exact) mass is 332 g/mol. The van der Waals surface area contributed by atoms with Gasteiger partial charge in [0.2, 0.25) is 5.91 Å². The number of carboxylic acids is 1. The molecule has 2 rings (SSSR count). The molecule has 0 saturated carbocycles. The van der Waals surface area contributed by atoms with E-state index in [0.717, 1.165) is 18.3 Å². The van der Waals surface area contributed by atoms with Crippen molar-refractivity contribution in [2.24, 2.45) is 0 Å². The van der Waals surface area contributed by atoms with Gasteiger partial charge in [-0.2, -0.15) is 0 Å². The fourth-order valence-electron chi connectivity index (χ4n) is 3.09. The number of hydrogen-bond donors (Lipinski definition) is 2. The fourth-order valence-corrected chi connectivity index (χ4v) is 3.09. The van der Waals surface area contributed by atoms with Gasteiger partial charge in [0.25, 0.3) is 0 Å². The smallest absolute Gasteiger partial charge is 0.326 e. The Morgan fingerprint density at radius 1 is 1.38 bits per heavy atom. The highest BCUT2D eigenvalue weighted by Gasteiger charge is 2.36. The van der Waals surface area contributed by atoms with Crippen LogP contribution in [0.1, 0.15) is 31.7 Å². The van der Waals surface area contributed by atoms with Crippen molar-refractivity contribution in [2.75, 3.05) is 6.54 Å². The molecule has 1 amide bonds. The van der Waals surface area contributed by atoms with Crippen LogP contribution < -0.4 is 5.32 Å². The largest absolute Gasteiger partial charge is 0.480 e. The van der Waals surface area contributed by atoms with Crippen LogP contribution in [0.5, 0.6) is 0 Å². The van der Waals surface area contributed by atoms with E-state index in [1.54, 1.807) is 6.92 Å². The van der Waals surface area contributed by atoms with Crippen molar-refractivity contribution in [3.63, 3.8) is 0 Å². The normalized spacial score (nSPS) is 19.7. The molecule has 0 aromatic heterocycles. The van der Waals surface area contributed by atoms with E-state index in [4.69, 9.17) is 0 Å². The molecule has 1 aromatic rings. The maximum atomic E-state index is 12.5. The zero-order valence-corrected chi connectivity index (χ0v) is 13.9. The van der Waals surface area contributed by atoms with Crippen LogP contribution in [0, 0.1) is 0 Å². The lowest BCUT2D eigenvalue weighted by Crippen LogP contribution is -2.51. The van der Waals surface area contributed by atoms with E-state index < -0.39 is 24.1 Å². The van der Waals surface area contributed by atoms with Gasteiger partial charge in [-0.15, -0.1) is 0 Å². The molecule has 1 aliphatic heterocycles. The van der Waals surface area contributed by atoms with Crippen molar-refractivity contribution in [1.82, 2.24) is 10.2 Å². The highest BCUT2D eigenvalue weighted by Crippen LogP contribution is 2.18. The van der Waals surface area contributed by atoms with E-state index in [9.17, 15) is 19.5 Å². The Bertz CT molecular complexity index is 576. The van der Waals surface area contributed by atoms with Crippen LogP contribution in [0.4, 0.5) is 0 Å². The molecule has 6 nitrogen and oxygen atoms in total.